The Hall–Kier alpha value is 11.5. The van der Waals surface area contributed by atoms with Crippen molar-refractivity contribution in [1.82, 2.24) is 0 Å². The average molecular weight is 1340 g/mol. The summed E-state index contributed by atoms with van der Waals surface area (Å²) in [7, 11) is 47.5. The van der Waals surface area contributed by atoms with Crippen LogP contribution in [0.15, 0.2) is 11.1 Å². The highest BCUT2D eigenvalue weighted by molar-refractivity contribution is 9.25. The van der Waals surface area contributed by atoms with Gasteiger partial charge < -0.3 is 23.0 Å². The summed E-state index contributed by atoms with van der Waals surface area (Å²) in [5, 5.41) is 0. The standard InChI is InChI=1S/C20H58O7P30/c1-9-11(25-45(29)56(52(38)39)57(53(40)41)54(42)43)8-20-16(23-17(22)24-20)15-10(21)5-6-13(27-46(48(30)31)49(32)33)19(15,4)7-12(14(9)18(20,2)3)26-47(50(34)35)55(44-28)51(36)37/h11-13,15-16,44H,5-8,28-43H2,1-4H3/t11-,12+,13-,15-,16-,19+,20+,45?,47?,55?,56?/m0/s1. The normalized spacial score (nSPS) is 32.9. The van der Waals surface area contributed by atoms with Gasteiger partial charge in [0.05, 0.1) is 46.8 Å². The van der Waals surface area contributed by atoms with Crippen molar-refractivity contribution in [3.63, 3.8) is 0 Å². The van der Waals surface area contributed by atoms with Gasteiger partial charge >= 0.3 is 6.16 Å². The summed E-state index contributed by atoms with van der Waals surface area (Å²) in [5.74, 6) is -0.498. The van der Waals surface area contributed by atoms with E-state index in [2.05, 4.69) is 171 Å². The molecule has 1 aliphatic heterocycles. The Morgan fingerprint density at radius 3 is 1.70 bits per heavy atom. The Morgan fingerprint density at radius 1 is 0.684 bits per heavy atom. The highest BCUT2D eigenvalue weighted by Crippen LogP contribution is 3.21. The van der Waals surface area contributed by atoms with Gasteiger partial charge in [-0.25, -0.2) is 4.79 Å². The molecule has 1 saturated heterocycles. The zero-order valence-corrected chi connectivity index (χ0v) is 62.7. The quantitative estimate of drug-likeness (QED) is 0.0815. The van der Waals surface area contributed by atoms with E-state index in [0.717, 1.165) is 5.57 Å². The van der Waals surface area contributed by atoms with Crippen molar-refractivity contribution in [1.29, 1.82) is 0 Å². The largest absolute Gasteiger partial charge is 0.509 e. The summed E-state index contributed by atoms with van der Waals surface area (Å²) in [4.78, 5) is 28.7. The van der Waals surface area contributed by atoms with Crippen molar-refractivity contribution in [3.05, 3.63) is 11.1 Å². The van der Waals surface area contributed by atoms with Gasteiger partial charge in [0.1, 0.15) is 5.78 Å². The molecule has 0 amide bonds. The molecule has 330 valence electrons. The molecule has 0 aromatic heterocycles. The summed E-state index contributed by atoms with van der Waals surface area (Å²) < 4.78 is 35.7. The van der Waals surface area contributed by atoms with E-state index in [9.17, 15) is 9.59 Å². The van der Waals surface area contributed by atoms with Crippen LogP contribution < -0.4 is 0 Å². The molecule has 21 unspecified atom stereocenters. The molecule has 0 aromatic rings. The van der Waals surface area contributed by atoms with E-state index < -0.39 is 106 Å². The van der Waals surface area contributed by atoms with Gasteiger partial charge in [-0.15, -0.1) is 134 Å². The lowest BCUT2D eigenvalue weighted by atomic mass is 9.48. The van der Waals surface area contributed by atoms with Crippen LogP contribution in [0.25, 0.3) is 0 Å². The monoisotopic (exact) mass is 1340 g/mol. The second-order valence-corrected chi connectivity index (χ2v) is 120. The van der Waals surface area contributed by atoms with Gasteiger partial charge in [0.2, 0.25) is 0 Å². The summed E-state index contributed by atoms with van der Waals surface area (Å²) in [6.45, 7) is 4.56. The van der Waals surface area contributed by atoms with Crippen molar-refractivity contribution in [3.8, 4) is 0 Å². The molecule has 2 saturated carbocycles. The van der Waals surface area contributed by atoms with Crippen LogP contribution in [0.5, 0.6) is 0 Å². The zero-order valence-electron chi connectivity index (χ0n) is 31.6. The summed E-state index contributed by atoms with van der Waals surface area (Å²) in [6.07, 6.45) is -0.382. The Balaban J connectivity index is 2.03. The molecule has 37 heteroatoms. The van der Waals surface area contributed by atoms with Crippen LogP contribution in [0.2, 0.25) is 0 Å². The molecule has 3 fully saturated rings. The van der Waals surface area contributed by atoms with Crippen LogP contribution in [0, 0.1) is 16.7 Å². The Kier molecular flexibility index (Phi) is 28.7. The van der Waals surface area contributed by atoms with E-state index in [0.29, 0.717) is 33.6 Å². The highest BCUT2D eigenvalue weighted by Gasteiger charge is 2.73. The van der Waals surface area contributed by atoms with Gasteiger partial charge in [-0.2, -0.15) is 0 Å². The molecule has 0 radical (unpaired) electrons. The molecule has 57 heavy (non-hydrogen) atoms. The fraction of sp³-hybridized carbons (Fsp3) is 0.800. The van der Waals surface area contributed by atoms with E-state index in [1.807, 2.05) is 0 Å². The lowest BCUT2D eigenvalue weighted by molar-refractivity contribution is -0.174. The molecule has 2 bridgehead atoms. The van der Waals surface area contributed by atoms with Gasteiger partial charge in [0.15, 0.2) is 11.7 Å². The van der Waals surface area contributed by atoms with Crippen molar-refractivity contribution < 1.29 is 32.6 Å². The summed E-state index contributed by atoms with van der Waals surface area (Å²) >= 11 is 0. The number of hydrogen-bond donors (Lipinski definition) is 0. The van der Waals surface area contributed by atoms with E-state index in [1.165, 1.54) is 5.57 Å². The van der Waals surface area contributed by atoms with Crippen LogP contribution in [-0.2, 0) is 27.8 Å². The third kappa shape index (κ3) is 14.2. The third-order valence-electron chi connectivity index (χ3n) is 10.5. The minimum absolute atomic E-state index is 0.125. The number of ether oxygens (including phenoxy) is 2. The second-order valence-electron chi connectivity index (χ2n) is 14.1. The maximum Gasteiger partial charge on any atom is 0.509 e. The number of fused-ring (bicyclic) bond motifs is 3. The van der Waals surface area contributed by atoms with Crippen molar-refractivity contribution >= 4 is 255 Å². The molecular weight excluding hydrogens is 1280 g/mol. The van der Waals surface area contributed by atoms with Crippen molar-refractivity contribution in [2.45, 2.75) is 83.4 Å². The SMILES string of the molecule is CC1=C2[C@H](OP(P(P)P)P(PP)P(P)P)C[C@]3(C)[C@@H](OP(P(P)P)P(P)P)CCC(=O)[C@H]3[C@@H]3OC(=O)O[C@@]3(C[C@@H]1OP(P)P(P(P)P)P(P(P)P)P(P)P)C2(C)C. The number of Topliss-reactive ketones (excluding diaryl/α,β-unsaturated/α-hetero) is 1. The average Bonchev–Trinajstić information content (AvgIpc) is 3.39. The predicted octanol–water partition coefficient (Wildman–Crippen LogP) is 19.9. The maximum absolute atomic E-state index is 14.8. The van der Waals surface area contributed by atoms with E-state index in [1.54, 1.807) is 0 Å². The summed E-state index contributed by atoms with van der Waals surface area (Å²) in [6, 6.07) is 0. The molecule has 7 nitrogen and oxygen atoms in total. The maximum atomic E-state index is 14.8. The first-order valence-corrected chi connectivity index (χ1v) is 68.7. The molecule has 1 spiro atoms. The minimum atomic E-state index is -1.15. The van der Waals surface area contributed by atoms with Crippen LogP contribution in [-0.4, -0.2) is 42.0 Å². The molecule has 0 N–H and O–H groups in total. The first kappa shape index (κ1) is 61.0. The molecule has 4 rings (SSSR count). The van der Waals surface area contributed by atoms with E-state index in [4.69, 9.17) is 23.0 Å². The Bertz CT molecular complexity index is 1440. The summed E-state index contributed by atoms with van der Waals surface area (Å²) in [5.41, 5.74) is -0.242. The van der Waals surface area contributed by atoms with E-state index >= 15 is 0 Å². The van der Waals surface area contributed by atoms with Crippen LogP contribution in [0.1, 0.15) is 53.4 Å². The third-order valence-corrected chi connectivity index (χ3v) is 154. The van der Waals surface area contributed by atoms with Crippen LogP contribution >= 0.6 is 243 Å². The number of ketones is 1. The zero-order chi connectivity index (χ0) is 43.3. The molecule has 0 aromatic carbocycles. The van der Waals surface area contributed by atoms with Gasteiger partial charge in [-0.05, 0) is 86.8 Å². The van der Waals surface area contributed by atoms with Crippen molar-refractivity contribution in [2.75, 3.05) is 0 Å². The number of hydrogen-bond acceptors (Lipinski definition) is 7. The lowest BCUT2D eigenvalue weighted by Gasteiger charge is -2.60. The van der Waals surface area contributed by atoms with E-state index in [-0.39, 0.29) is 45.1 Å². The molecule has 28 atom stereocenters. The van der Waals surface area contributed by atoms with Crippen LogP contribution in [0.4, 0.5) is 4.79 Å². The highest BCUT2D eigenvalue weighted by atomic mass is 33.3. The second kappa shape index (κ2) is 26.8. The fourth-order valence-electron chi connectivity index (χ4n) is 8.23. The Labute approximate surface area is 395 Å². The molecule has 4 aliphatic rings. The number of carbonyl (C=O) groups is 2. The lowest BCUT2D eigenvalue weighted by Crippen LogP contribution is -2.68. The van der Waals surface area contributed by atoms with Gasteiger partial charge in [-0.1, -0.05) is 37.7 Å². The van der Waals surface area contributed by atoms with Gasteiger partial charge in [0, 0.05) is 37.6 Å². The van der Waals surface area contributed by atoms with Gasteiger partial charge in [-0.3, -0.25) is 4.79 Å². The fourth-order valence-corrected chi connectivity index (χ4v) is 237. The smallest absolute Gasteiger partial charge is 0.426 e. The van der Waals surface area contributed by atoms with Crippen molar-refractivity contribution in [2.24, 2.45) is 16.7 Å². The number of rotatable bonds is 17. The van der Waals surface area contributed by atoms with Gasteiger partial charge in [0.25, 0.3) is 0 Å². The predicted molar refractivity (Wildman–Crippen MR) is 344 cm³/mol. The molecule has 1 heterocycles. The Morgan fingerprint density at radius 2 is 1.23 bits per heavy atom. The van der Waals surface area contributed by atoms with Crippen LogP contribution in [0.3, 0.4) is 0 Å². The number of carbonyl (C=O) groups excluding carboxylic acids is 2. The minimum Gasteiger partial charge on any atom is -0.426 e. The molecular formula is C20H58O7P30. The molecule has 3 aliphatic carbocycles. The first-order chi connectivity index (χ1) is 26.3. The first-order valence-electron chi connectivity index (χ1n) is 16.5. The topological polar surface area (TPSA) is 80.3 Å².